The lowest BCUT2D eigenvalue weighted by atomic mass is 10.1. The van der Waals surface area contributed by atoms with E-state index in [-0.39, 0.29) is 11.9 Å². The largest absolute Gasteiger partial charge is 0.333 e. The SMILES string of the molecule is Cc1nc(Nc2nccs2)cc([C@H]2CCCN2C(=O)CN(C)C)n1. The van der Waals surface area contributed by atoms with Crippen LogP contribution in [0, 0.1) is 6.92 Å². The van der Waals surface area contributed by atoms with Crippen LogP contribution in [-0.4, -0.2) is 57.8 Å². The molecular formula is C16H22N6OS. The number of amides is 1. The Balaban J connectivity index is 1.82. The number of aryl methyl sites for hydroxylation is 1. The van der Waals surface area contributed by atoms with Crippen molar-refractivity contribution in [1.82, 2.24) is 24.8 Å². The van der Waals surface area contributed by atoms with Gasteiger partial charge in [-0.1, -0.05) is 0 Å². The summed E-state index contributed by atoms with van der Waals surface area (Å²) in [5.74, 6) is 1.56. The van der Waals surface area contributed by atoms with Crippen LogP contribution in [0.25, 0.3) is 0 Å². The van der Waals surface area contributed by atoms with Crippen LogP contribution in [0.2, 0.25) is 0 Å². The maximum atomic E-state index is 12.5. The third kappa shape index (κ3) is 3.88. The van der Waals surface area contributed by atoms with Crippen molar-refractivity contribution in [3.63, 3.8) is 0 Å². The van der Waals surface area contributed by atoms with Crippen molar-refractivity contribution in [3.05, 3.63) is 29.2 Å². The summed E-state index contributed by atoms with van der Waals surface area (Å²) in [5, 5.41) is 5.92. The molecule has 1 aliphatic rings. The molecule has 0 unspecified atom stereocenters. The Kier molecular flexibility index (Phi) is 5.06. The van der Waals surface area contributed by atoms with E-state index < -0.39 is 0 Å². The number of anilines is 2. The molecule has 128 valence electrons. The quantitative estimate of drug-likeness (QED) is 0.895. The second-order valence-electron chi connectivity index (χ2n) is 6.17. The standard InChI is InChI=1S/C16H22N6OS/c1-11-18-12(9-14(19-11)20-16-17-6-8-24-16)13-5-4-7-22(13)15(23)10-21(2)3/h6,8-9,13H,4-5,7,10H2,1-3H3,(H,17,18,19,20)/t13-/m1/s1. The third-order valence-electron chi connectivity index (χ3n) is 3.89. The van der Waals surface area contributed by atoms with Gasteiger partial charge in [0.2, 0.25) is 5.91 Å². The molecule has 24 heavy (non-hydrogen) atoms. The molecule has 0 bridgehead atoms. The molecule has 0 saturated carbocycles. The molecule has 1 N–H and O–H groups in total. The lowest BCUT2D eigenvalue weighted by molar-refractivity contribution is -0.132. The van der Waals surface area contributed by atoms with E-state index >= 15 is 0 Å². The minimum atomic E-state index is 0.0241. The monoisotopic (exact) mass is 346 g/mol. The fourth-order valence-electron chi connectivity index (χ4n) is 2.95. The van der Waals surface area contributed by atoms with Crippen molar-refractivity contribution < 1.29 is 4.79 Å². The van der Waals surface area contributed by atoms with Crippen LogP contribution in [0.5, 0.6) is 0 Å². The van der Waals surface area contributed by atoms with Crippen LogP contribution in [0.3, 0.4) is 0 Å². The van der Waals surface area contributed by atoms with E-state index in [9.17, 15) is 4.79 Å². The number of nitrogens with one attached hydrogen (secondary N) is 1. The fourth-order valence-corrected chi connectivity index (χ4v) is 3.49. The smallest absolute Gasteiger partial charge is 0.237 e. The van der Waals surface area contributed by atoms with Gasteiger partial charge in [0.25, 0.3) is 0 Å². The van der Waals surface area contributed by atoms with Gasteiger partial charge < -0.3 is 15.1 Å². The summed E-state index contributed by atoms with van der Waals surface area (Å²) in [6, 6.07) is 1.95. The Morgan fingerprint density at radius 3 is 3.00 bits per heavy atom. The molecule has 1 atom stereocenters. The number of aromatic nitrogens is 3. The average Bonchev–Trinajstić information content (AvgIpc) is 3.16. The summed E-state index contributed by atoms with van der Waals surface area (Å²) in [4.78, 5) is 29.6. The Bertz CT molecular complexity index is 703. The molecule has 1 aliphatic heterocycles. The normalized spacial score (nSPS) is 17.5. The third-order valence-corrected chi connectivity index (χ3v) is 4.58. The Morgan fingerprint density at radius 1 is 1.46 bits per heavy atom. The number of nitrogens with zero attached hydrogens (tertiary/aromatic N) is 5. The van der Waals surface area contributed by atoms with Gasteiger partial charge in [-0.25, -0.2) is 15.0 Å². The lowest BCUT2D eigenvalue weighted by Gasteiger charge is -2.26. The van der Waals surface area contributed by atoms with Gasteiger partial charge in [-0.2, -0.15) is 0 Å². The first-order valence-electron chi connectivity index (χ1n) is 7.99. The summed E-state index contributed by atoms with van der Waals surface area (Å²) in [5.41, 5.74) is 0.895. The highest BCUT2D eigenvalue weighted by Crippen LogP contribution is 2.32. The van der Waals surface area contributed by atoms with Crippen molar-refractivity contribution in [2.75, 3.05) is 32.5 Å². The van der Waals surface area contributed by atoms with Crippen molar-refractivity contribution in [3.8, 4) is 0 Å². The number of hydrogen-bond donors (Lipinski definition) is 1. The summed E-state index contributed by atoms with van der Waals surface area (Å²) in [6.45, 7) is 3.08. The van der Waals surface area contributed by atoms with Crippen LogP contribution < -0.4 is 5.32 Å². The minimum Gasteiger partial charge on any atom is -0.333 e. The van der Waals surface area contributed by atoms with E-state index in [1.165, 1.54) is 11.3 Å². The van der Waals surface area contributed by atoms with Crippen LogP contribution in [0.1, 0.15) is 30.4 Å². The first-order chi connectivity index (χ1) is 11.5. The molecule has 1 fully saturated rings. The van der Waals surface area contributed by atoms with E-state index in [2.05, 4.69) is 20.3 Å². The number of thiazole rings is 1. The van der Waals surface area contributed by atoms with E-state index in [1.807, 2.05) is 42.3 Å². The highest BCUT2D eigenvalue weighted by atomic mass is 32.1. The number of likely N-dealkylation sites (tertiary alicyclic amines) is 1. The Morgan fingerprint density at radius 2 is 2.29 bits per heavy atom. The van der Waals surface area contributed by atoms with Gasteiger partial charge in [0.15, 0.2) is 5.13 Å². The molecule has 1 saturated heterocycles. The molecule has 7 nitrogen and oxygen atoms in total. The summed E-state index contributed by atoms with van der Waals surface area (Å²) in [6.07, 6.45) is 3.69. The predicted octanol–water partition coefficient (Wildman–Crippen LogP) is 2.21. The molecule has 2 aromatic rings. The molecule has 8 heteroatoms. The highest BCUT2D eigenvalue weighted by molar-refractivity contribution is 7.13. The molecule has 3 heterocycles. The number of hydrogen-bond acceptors (Lipinski definition) is 7. The second-order valence-corrected chi connectivity index (χ2v) is 7.07. The summed E-state index contributed by atoms with van der Waals surface area (Å²) in [7, 11) is 3.82. The Hall–Kier alpha value is -2.06. The van der Waals surface area contributed by atoms with E-state index in [0.29, 0.717) is 12.4 Å². The molecule has 0 aromatic carbocycles. The predicted molar refractivity (Wildman–Crippen MR) is 94.4 cm³/mol. The van der Waals surface area contributed by atoms with Crippen molar-refractivity contribution in [2.24, 2.45) is 0 Å². The van der Waals surface area contributed by atoms with E-state index in [4.69, 9.17) is 0 Å². The molecule has 0 aliphatic carbocycles. The first-order valence-corrected chi connectivity index (χ1v) is 8.87. The highest BCUT2D eigenvalue weighted by Gasteiger charge is 2.31. The number of likely N-dealkylation sites (N-methyl/N-ethyl adjacent to an activating group) is 1. The summed E-state index contributed by atoms with van der Waals surface area (Å²) >= 11 is 1.52. The number of carbonyl (C=O) groups is 1. The molecule has 1 amide bonds. The summed E-state index contributed by atoms with van der Waals surface area (Å²) < 4.78 is 0. The van der Waals surface area contributed by atoms with Crippen LogP contribution >= 0.6 is 11.3 Å². The maximum Gasteiger partial charge on any atom is 0.237 e. The van der Waals surface area contributed by atoms with Gasteiger partial charge in [0.1, 0.15) is 11.6 Å². The molecule has 0 spiro atoms. The lowest BCUT2D eigenvalue weighted by Crippen LogP contribution is -2.37. The van der Waals surface area contributed by atoms with Gasteiger partial charge in [-0.05, 0) is 33.9 Å². The van der Waals surface area contributed by atoms with Crippen molar-refractivity contribution in [1.29, 1.82) is 0 Å². The van der Waals surface area contributed by atoms with Gasteiger partial charge >= 0.3 is 0 Å². The number of carbonyl (C=O) groups excluding carboxylic acids is 1. The zero-order chi connectivity index (χ0) is 17.1. The number of rotatable bonds is 5. The van der Waals surface area contributed by atoms with E-state index in [1.54, 1.807) is 6.20 Å². The topological polar surface area (TPSA) is 74.2 Å². The zero-order valence-corrected chi connectivity index (χ0v) is 15.0. The van der Waals surface area contributed by atoms with E-state index in [0.717, 1.165) is 36.0 Å². The molecule has 2 aromatic heterocycles. The fraction of sp³-hybridized carbons (Fsp3) is 0.500. The van der Waals surface area contributed by atoms with Crippen LogP contribution in [0.4, 0.5) is 10.9 Å². The second kappa shape index (κ2) is 7.23. The van der Waals surface area contributed by atoms with Gasteiger partial charge in [-0.15, -0.1) is 11.3 Å². The molecule has 0 radical (unpaired) electrons. The zero-order valence-electron chi connectivity index (χ0n) is 14.2. The van der Waals surface area contributed by atoms with Gasteiger partial charge in [0, 0.05) is 24.2 Å². The minimum absolute atomic E-state index is 0.0241. The van der Waals surface area contributed by atoms with Crippen molar-refractivity contribution in [2.45, 2.75) is 25.8 Å². The van der Waals surface area contributed by atoms with Gasteiger partial charge in [-0.3, -0.25) is 4.79 Å². The van der Waals surface area contributed by atoms with Crippen LogP contribution in [-0.2, 0) is 4.79 Å². The van der Waals surface area contributed by atoms with Crippen LogP contribution in [0.15, 0.2) is 17.6 Å². The Labute approximate surface area is 145 Å². The molecular weight excluding hydrogens is 324 g/mol. The average molecular weight is 346 g/mol. The maximum absolute atomic E-state index is 12.5. The van der Waals surface area contributed by atoms with Crippen molar-refractivity contribution >= 4 is 28.2 Å². The van der Waals surface area contributed by atoms with Gasteiger partial charge in [0.05, 0.1) is 18.3 Å². The first kappa shape index (κ1) is 16.8. The molecule has 3 rings (SSSR count).